The number of quaternary nitrogens is 1. The average molecular weight is 1320 g/mol. The lowest BCUT2D eigenvalue weighted by atomic mass is 10.0. The minimum Gasteiger partial charge on any atom is -0.462 e. The van der Waals surface area contributed by atoms with Crippen molar-refractivity contribution < 1.29 is 42.1 Å². The van der Waals surface area contributed by atoms with Crippen molar-refractivity contribution in [2.45, 2.75) is 335 Å². The molecule has 0 fully saturated rings. The number of allylic oxidation sites excluding steroid dienone is 22. The summed E-state index contributed by atoms with van der Waals surface area (Å²) in [5.74, 6) is -0.815. The number of carbonyl (C=O) groups excluding carboxylic acids is 2. The SMILES string of the molecule is CC/C=C\C/C=C\C/C=C\C/C=C\C/C=C\C/C=C\C/C=C\C/C=C\C/C=C\C/C=C\C/C=C\CCCCCCCC(=O)OC(COC(=O)CCCCCCCCCCCCCCCCCCCCCCCCCCCCCCCC)COP(=O)(O)OCC[N+](C)(C)C. The molecule has 0 spiro atoms. The van der Waals surface area contributed by atoms with Crippen LogP contribution in [0.1, 0.15) is 328 Å². The number of unbranched alkanes of at least 4 members (excludes halogenated alkanes) is 34. The summed E-state index contributed by atoms with van der Waals surface area (Å²) >= 11 is 0. The van der Waals surface area contributed by atoms with E-state index in [-0.39, 0.29) is 32.0 Å². The summed E-state index contributed by atoms with van der Waals surface area (Å²) < 4.78 is 34.8. The summed E-state index contributed by atoms with van der Waals surface area (Å²) in [5.41, 5.74) is 0. The smallest absolute Gasteiger partial charge is 0.462 e. The average Bonchev–Trinajstić information content (AvgIpc) is 2.01. The van der Waals surface area contributed by atoms with Crippen molar-refractivity contribution in [3.63, 3.8) is 0 Å². The Kier molecular flexibility index (Phi) is 69.4. The van der Waals surface area contributed by atoms with Crippen LogP contribution in [0.15, 0.2) is 134 Å². The second-order valence-corrected chi connectivity index (χ2v) is 28.1. The molecule has 0 bridgehead atoms. The molecule has 2 atom stereocenters. The molecule has 0 amide bonds. The van der Waals surface area contributed by atoms with E-state index in [1.165, 1.54) is 173 Å². The van der Waals surface area contributed by atoms with E-state index in [9.17, 15) is 19.0 Å². The van der Waals surface area contributed by atoms with Crippen LogP contribution in [0, 0.1) is 0 Å². The maximum Gasteiger partial charge on any atom is 0.472 e. The molecule has 0 saturated heterocycles. The van der Waals surface area contributed by atoms with Crippen molar-refractivity contribution >= 4 is 19.8 Å². The van der Waals surface area contributed by atoms with Gasteiger partial charge in [-0.15, -0.1) is 0 Å². The van der Waals surface area contributed by atoms with Gasteiger partial charge in [-0.2, -0.15) is 0 Å². The maximum atomic E-state index is 12.9. The lowest BCUT2D eigenvalue weighted by molar-refractivity contribution is -0.870. The topological polar surface area (TPSA) is 108 Å². The van der Waals surface area contributed by atoms with Crippen LogP contribution >= 0.6 is 7.82 Å². The molecule has 0 aliphatic carbocycles. The van der Waals surface area contributed by atoms with Crippen LogP contribution < -0.4 is 0 Å². The molecule has 10 heteroatoms. The Balaban J connectivity index is 4.09. The van der Waals surface area contributed by atoms with Crippen LogP contribution in [-0.2, 0) is 32.7 Å². The number of nitrogens with zero attached hydrogens (tertiary/aromatic N) is 1. The fourth-order valence-electron chi connectivity index (χ4n) is 10.6. The van der Waals surface area contributed by atoms with Crippen molar-refractivity contribution in [1.82, 2.24) is 0 Å². The van der Waals surface area contributed by atoms with Crippen LogP contribution in [0.25, 0.3) is 0 Å². The molecule has 0 aliphatic rings. The fraction of sp³-hybridized carbons (Fsp3) is 0.711. The van der Waals surface area contributed by atoms with E-state index in [0.717, 1.165) is 122 Å². The quantitative estimate of drug-likeness (QED) is 0.0211. The van der Waals surface area contributed by atoms with Crippen LogP contribution in [-0.4, -0.2) is 74.9 Å². The van der Waals surface area contributed by atoms with Crippen LogP contribution in [0.5, 0.6) is 0 Å². The zero-order valence-corrected chi connectivity index (χ0v) is 61.8. The third-order valence-electron chi connectivity index (χ3n) is 16.4. The minimum atomic E-state index is -4.41. The number of esters is 2. The first-order valence-corrected chi connectivity index (χ1v) is 39.9. The van der Waals surface area contributed by atoms with Gasteiger partial charge in [-0.1, -0.05) is 353 Å². The van der Waals surface area contributed by atoms with Gasteiger partial charge in [-0.05, 0) is 96.3 Å². The van der Waals surface area contributed by atoms with Crippen molar-refractivity contribution in [2.75, 3.05) is 47.5 Å². The lowest BCUT2D eigenvalue weighted by Gasteiger charge is -2.24. The van der Waals surface area contributed by atoms with Gasteiger partial charge < -0.3 is 18.9 Å². The Morgan fingerprint density at radius 2 is 0.613 bits per heavy atom. The molecule has 0 aromatic carbocycles. The van der Waals surface area contributed by atoms with Gasteiger partial charge in [-0.3, -0.25) is 18.6 Å². The van der Waals surface area contributed by atoms with Gasteiger partial charge >= 0.3 is 19.8 Å². The van der Waals surface area contributed by atoms with Crippen LogP contribution in [0.2, 0.25) is 0 Å². The normalized spacial score (nSPS) is 13.8. The van der Waals surface area contributed by atoms with Gasteiger partial charge in [0.1, 0.15) is 19.8 Å². The molecule has 0 aliphatic heterocycles. The number of carbonyl (C=O) groups is 2. The maximum absolute atomic E-state index is 12.9. The van der Waals surface area contributed by atoms with E-state index in [1.807, 2.05) is 21.1 Å². The molecule has 534 valence electrons. The van der Waals surface area contributed by atoms with E-state index in [4.69, 9.17) is 18.5 Å². The van der Waals surface area contributed by atoms with Crippen molar-refractivity contribution in [1.29, 1.82) is 0 Å². The fourth-order valence-corrected chi connectivity index (χ4v) is 11.4. The van der Waals surface area contributed by atoms with E-state index in [2.05, 4.69) is 148 Å². The first kappa shape index (κ1) is 89.2. The number of rotatable bonds is 70. The Bertz CT molecular complexity index is 2040. The van der Waals surface area contributed by atoms with Gasteiger partial charge in [-0.25, -0.2) is 4.57 Å². The molecule has 2 unspecified atom stereocenters. The highest BCUT2D eigenvalue weighted by molar-refractivity contribution is 7.47. The van der Waals surface area contributed by atoms with Gasteiger partial charge in [0, 0.05) is 12.8 Å². The number of ether oxygens (including phenoxy) is 2. The summed E-state index contributed by atoms with van der Waals surface area (Å²) in [4.78, 5) is 35.9. The first-order chi connectivity index (χ1) is 45.5. The third kappa shape index (κ3) is 77.0. The molecule has 0 saturated carbocycles. The Morgan fingerprint density at radius 3 is 0.914 bits per heavy atom. The van der Waals surface area contributed by atoms with Crippen LogP contribution in [0.3, 0.4) is 0 Å². The van der Waals surface area contributed by atoms with Gasteiger partial charge in [0.2, 0.25) is 0 Å². The molecule has 0 rings (SSSR count). The summed E-state index contributed by atoms with van der Waals surface area (Å²) in [6.07, 6.45) is 106. The Morgan fingerprint density at radius 1 is 0.344 bits per heavy atom. The second kappa shape index (κ2) is 72.4. The van der Waals surface area contributed by atoms with Crippen molar-refractivity contribution in [3.8, 4) is 0 Å². The first-order valence-electron chi connectivity index (χ1n) is 38.4. The predicted octanol–water partition coefficient (Wildman–Crippen LogP) is 25.6. The summed E-state index contributed by atoms with van der Waals surface area (Å²) in [7, 11) is 1.46. The highest BCUT2D eigenvalue weighted by Crippen LogP contribution is 2.43. The highest BCUT2D eigenvalue weighted by atomic mass is 31.2. The minimum absolute atomic E-state index is 0.0227. The number of phosphoric acid groups is 1. The largest absolute Gasteiger partial charge is 0.472 e. The molecule has 0 aromatic rings. The standard InChI is InChI=1S/C83H144NO8P/c1-6-8-10-12-14-16-18-20-22-24-26-28-30-32-34-36-38-39-40-41-42-43-44-45-46-48-50-52-54-56-58-60-62-64-66-68-70-72-74-76-83(86)92-81(80-91-93(87,88)90-78-77-84(3,4)5)79-89-82(85)75-73-71-69-67-65-63-61-59-57-55-53-51-49-47-37-35-33-31-29-27-25-23-21-19-17-15-13-11-9-7-2/h8,10,14,16,20,22,26,28,32,34,38-39,41-42,44-45,48,50,54,56,60,62,81H,6-7,9,11-13,15,17-19,21,23-25,27,29-31,33,35-37,40,43,46-47,49,51-53,55,57-59,61,63-80H2,1-5H3/p+1/b10-8-,16-14-,22-20-,28-26-,34-32-,39-38-,42-41-,45-44-,50-48-,56-54-,62-60-. The Hall–Kier alpha value is -3.85. The number of hydrogen-bond acceptors (Lipinski definition) is 7. The summed E-state index contributed by atoms with van der Waals surface area (Å²) in [6.45, 7) is 4.33. The predicted molar refractivity (Wildman–Crippen MR) is 404 cm³/mol. The van der Waals surface area contributed by atoms with Gasteiger partial charge in [0.15, 0.2) is 6.10 Å². The van der Waals surface area contributed by atoms with Gasteiger partial charge in [0.25, 0.3) is 0 Å². The third-order valence-corrected chi connectivity index (χ3v) is 17.4. The molecule has 0 radical (unpaired) electrons. The molecular weight excluding hydrogens is 1170 g/mol. The van der Waals surface area contributed by atoms with E-state index in [0.29, 0.717) is 17.4 Å². The molecular formula is C83H145NO8P+. The van der Waals surface area contributed by atoms with Crippen LogP contribution in [0.4, 0.5) is 0 Å². The van der Waals surface area contributed by atoms with E-state index < -0.39 is 26.5 Å². The molecule has 0 aromatic heterocycles. The highest BCUT2D eigenvalue weighted by Gasteiger charge is 2.27. The van der Waals surface area contributed by atoms with E-state index in [1.54, 1.807) is 0 Å². The number of hydrogen-bond donors (Lipinski definition) is 1. The zero-order chi connectivity index (χ0) is 67.6. The van der Waals surface area contributed by atoms with Gasteiger partial charge in [0.05, 0.1) is 27.7 Å². The summed E-state index contributed by atoms with van der Waals surface area (Å²) in [6, 6.07) is 0. The monoisotopic (exact) mass is 1320 g/mol. The molecule has 93 heavy (non-hydrogen) atoms. The van der Waals surface area contributed by atoms with Crippen molar-refractivity contribution in [2.24, 2.45) is 0 Å². The number of phosphoric ester groups is 1. The lowest BCUT2D eigenvalue weighted by Crippen LogP contribution is -2.37. The van der Waals surface area contributed by atoms with Crippen molar-refractivity contribution in [3.05, 3.63) is 134 Å². The number of likely N-dealkylation sites (N-methyl/N-ethyl adjacent to an activating group) is 1. The molecule has 1 N–H and O–H groups in total. The molecule has 9 nitrogen and oxygen atoms in total. The zero-order valence-electron chi connectivity index (χ0n) is 61.0. The second-order valence-electron chi connectivity index (χ2n) is 26.7. The summed E-state index contributed by atoms with van der Waals surface area (Å²) in [5, 5.41) is 0. The molecule has 0 heterocycles. The Labute approximate surface area is 574 Å². The van der Waals surface area contributed by atoms with E-state index >= 15 is 0 Å².